The molecule has 23 heavy (non-hydrogen) atoms. The van der Waals surface area contributed by atoms with Gasteiger partial charge in [0.2, 0.25) is 5.91 Å². The molecule has 2 aromatic rings. The van der Waals surface area contributed by atoms with Crippen LogP contribution in [0, 0.1) is 0 Å². The Kier molecular flexibility index (Phi) is 4.82. The van der Waals surface area contributed by atoms with Crippen molar-refractivity contribution in [1.29, 1.82) is 0 Å². The number of anilines is 2. The molecule has 2 N–H and O–H groups in total. The van der Waals surface area contributed by atoms with Crippen molar-refractivity contribution >= 4 is 29.0 Å². The molecule has 1 heterocycles. The molecule has 1 aliphatic carbocycles. The molecule has 5 heteroatoms. The number of halogens is 1. The molecule has 1 atom stereocenters. The van der Waals surface area contributed by atoms with Crippen molar-refractivity contribution in [2.45, 2.75) is 38.6 Å². The minimum Gasteiger partial charge on any atom is -0.374 e. The summed E-state index contributed by atoms with van der Waals surface area (Å²) in [5, 5.41) is 6.68. The number of amides is 1. The maximum atomic E-state index is 12.3. The minimum atomic E-state index is -0.346. The van der Waals surface area contributed by atoms with Gasteiger partial charge in [0, 0.05) is 11.9 Å². The maximum Gasteiger partial charge on any atom is 0.247 e. The second-order valence-electron chi connectivity index (χ2n) is 5.87. The summed E-state index contributed by atoms with van der Waals surface area (Å²) < 4.78 is 0. The normalized spacial score (nSPS) is 14.7. The molecule has 120 valence electrons. The van der Waals surface area contributed by atoms with Gasteiger partial charge in [-0.15, -0.1) is 0 Å². The highest BCUT2D eigenvalue weighted by atomic mass is 35.5. The standard InChI is InChI=1S/C18H20ClN3O/c1-12(18(23)22-17-10-9-14(19)11-20-17)21-16-8-4-6-13-5-2-3-7-15(13)16/h4,6,8-12,21H,2-3,5,7H2,1H3,(H,20,22,23)/t12-/m1/s1. The molecule has 4 nitrogen and oxygen atoms in total. The Balaban J connectivity index is 1.68. The predicted octanol–water partition coefficient (Wildman–Crippen LogP) is 4.05. The summed E-state index contributed by atoms with van der Waals surface area (Å²) in [7, 11) is 0. The van der Waals surface area contributed by atoms with E-state index in [1.807, 2.05) is 6.92 Å². The molecule has 0 saturated carbocycles. The summed E-state index contributed by atoms with van der Waals surface area (Å²) >= 11 is 5.80. The molecule has 0 radical (unpaired) electrons. The lowest BCUT2D eigenvalue weighted by Crippen LogP contribution is -2.32. The van der Waals surface area contributed by atoms with Crippen LogP contribution in [0.3, 0.4) is 0 Å². The van der Waals surface area contributed by atoms with E-state index in [0.717, 1.165) is 18.5 Å². The van der Waals surface area contributed by atoms with Gasteiger partial charge in [-0.3, -0.25) is 4.79 Å². The van der Waals surface area contributed by atoms with Gasteiger partial charge in [-0.2, -0.15) is 0 Å². The van der Waals surface area contributed by atoms with Crippen LogP contribution < -0.4 is 10.6 Å². The lowest BCUT2D eigenvalue weighted by atomic mass is 9.90. The van der Waals surface area contributed by atoms with Crippen molar-refractivity contribution in [3.05, 3.63) is 52.7 Å². The van der Waals surface area contributed by atoms with Crippen LogP contribution in [0.25, 0.3) is 0 Å². The Labute approximate surface area is 141 Å². The fourth-order valence-electron chi connectivity index (χ4n) is 2.90. The minimum absolute atomic E-state index is 0.117. The Morgan fingerprint density at radius 2 is 2.04 bits per heavy atom. The van der Waals surface area contributed by atoms with Crippen LogP contribution in [-0.2, 0) is 17.6 Å². The first-order chi connectivity index (χ1) is 11.1. The maximum absolute atomic E-state index is 12.3. The fourth-order valence-corrected chi connectivity index (χ4v) is 3.01. The van der Waals surface area contributed by atoms with E-state index < -0.39 is 0 Å². The molecule has 0 bridgehead atoms. The first kappa shape index (κ1) is 15.8. The Bertz CT molecular complexity index is 700. The lowest BCUT2D eigenvalue weighted by Gasteiger charge is -2.22. The average molecular weight is 330 g/mol. The summed E-state index contributed by atoms with van der Waals surface area (Å²) in [6.45, 7) is 1.85. The molecule has 0 unspecified atom stereocenters. The third-order valence-electron chi connectivity index (χ3n) is 4.14. The number of fused-ring (bicyclic) bond motifs is 1. The molecule has 1 aromatic heterocycles. The number of hydrogen-bond donors (Lipinski definition) is 2. The second kappa shape index (κ2) is 7.01. The van der Waals surface area contributed by atoms with E-state index in [1.165, 1.54) is 30.2 Å². The van der Waals surface area contributed by atoms with E-state index in [9.17, 15) is 4.79 Å². The van der Waals surface area contributed by atoms with Crippen molar-refractivity contribution in [3.8, 4) is 0 Å². The zero-order valence-electron chi connectivity index (χ0n) is 13.1. The number of pyridine rings is 1. The topological polar surface area (TPSA) is 54.0 Å². The molecule has 0 spiro atoms. The third kappa shape index (κ3) is 3.82. The summed E-state index contributed by atoms with van der Waals surface area (Å²) in [5.41, 5.74) is 3.81. The number of nitrogens with one attached hydrogen (secondary N) is 2. The van der Waals surface area contributed by atoms with Gasteiger partial charge in [0.25, 0.3) is 0 Å². The number of benzene rings is 1. The molecule has 3 rings (SSSR count). The van der Waals surface area contributed by atoms with E-state index in [-0.39, 0.29) is 11.9 Å². The van der Waals surface area contributed by atoms with Crippen LogP contribution in [0.5, 0.6) is 0 Å². The van der Waals surface area contributed by atoms with E-state index in [4.69, 9.17) is 11.6 Å². The number of carbonyl (C=O) groups is 1. The van der Waals surface area contributed by atoms with Crippen LogP contribution >= 0.6 is 11.6 Å². The van der Waals surface area contributed by atoms with Crippen LogP contribution in [0.2, 0.25) is 5.02 Å². The van der Waals surface area contributed by atoms with E-state index >= 15 is 0 Å². The molecule has 1 aromatic carbocycles. The molecule has 0 saturated heterocycles. The summed E-state index contributed by atoms with van der Waals surface area (Å²) in [5.74, 6) is 0.386. The van der Waals surface area contributed by atoms with Crippen LogP contribution in [0.4, 0.5) is 11.5 Å². The quantitative estimate of drug-likeness (QED) is 0.889. The first-order valence-electron chi connectivity index (χ1n) is 7.93. The van der Waals surface area contributed by atoms with E-state index in [0.29, 0.717) is 10.8 Å². The highest BCUT2D eigenvalue weighted by molar-refractivity contribution is 6.30. The summed E-state index contributed by atoms with van der Waals surface area (Å²) in [4.78, 5) is 16.4. The van der Waals surface area contributed by atoms with Gasteiger partial charge in [0.1, 0.15) is 11.9 Å². The molecular formula is C18H20ClN3O. The number of rotatable bonds is 4. The second-order valence-corrected chi connectivity index (χ2v) is 6.30. The number of hydrogen-bond acceptors (Lipinski definition) is 3. The van der Waals surface area contributed by atoms with Crippen molar-refractivity contribution < 1.29 is 4.79 Å². The zero-order valence-corrected chi connectivity index (χ0v) is 13.9. The Morgan fingerprint density at radius 3 is 2.83 bits per heavy atom. The van der Waals surface area contributed by atoms with Crippen LogP contribution in [0.1, 0.15) is 30.9 Å². The highest BCUT2D eigenvalue weighted by Crippen LogP contribution is 2.28. The highest BCUT2D eigenvalue weighted by Gasteiger charge is 2.17. The van der Waals surface area contributed by atoms with Gasteiger partial charge < -0.3 is 10.6 Å². The molecular weight excluding hydrogens is 310 g/mol. The fraction of sp³-hybridized carbons (Fsp3) is 0.333. The average Bonchev–Trinajstić information content (AvgIpc) is 2.57. The summed E-state index contributed by atoms with van der Waals surface area (Å²) in [6.07, 6.45) is 6.17. The lowest BCUT2D eigenvalue weighted by molar-refractivity contribution is -0.116. The van der Waals surface area contributed by atoms with Gasteiger partial charge in [-0.05, 0) is 61.9 Å². The van der Waals surface area contributed by atoms with Crippen molar-refractivity contribution in [2.75, 3.05) is 10.6 Å². The van der Waals surface area contributed by atoms with Gasteiger partial charge in [0.15, 0.2) is 0 Å². The van der Waals surface area contributed by atoms with Gasteiger partial charge in [-0.25, -0.2) is 4.98 Å². The SMILES string of the molecule is C[C@@H](Nc1cccc2c1CCCC2)C(=O)Nc1ccc(Cl)cn1. The van der Waals surface area contributed by atoms with Crippen LogP contribution in [0.15, 0.2) is 36.5 Å². The van der Waals surface area contributed by atoms with Gasteiger partial charge in [0.05, 0.1) is 5.02 Å². The molecule has 1 amide bonds. The van der Waals surface area contributed by atoms with Crippen LogP contribution in [-0.4, -0.2) is 16.9 Å². The number of carbonyl (C=O) groups excluding carboxylic acids is 1. The molecule has 0 aliphatic heterocycles. The molecule has 0 fully saturated rings. The number of aryl methyl sites for hydroxylation is 1. The van der Waals surface area contributed by atoms with Crippen molar-refractivity contribution in [2.24, 2.45) is 0 Å². The predicted molar refractivity (Wildman–Crippen MR) is 94.0 cm³/mol. The van der Waals surface area contributed by atoms with Crippen molar-refractivity contribution in [3.63, 3.8) is 0 Å². The molecule has 1 aliphatic rings. The Morgan fingerprint density at radius 1 is 1.22 bits per heavy atom. The van der Waals surface area contributed by atoms with E-state index in [2.05, 4.69) is 33.8 Å². The number of aromatic nitrogens is 1. The monoisotopic (exact) mass is 329 g/mol. The Hall–Kier alpha value is -2.07. The largest absolute Gasteiger partial charge is 0.374 e. The smallest absolute Gasteiger partial charge is 0.247 e. The zero-order chi connectivity index (χ0) is 16.2. The van der Waals surface area contributed by atoms with Crippen molar-refractivity contribution in [1.82, 2.24) is 4.98 Å². The summed E-state index contributed by atoms with van der Waals surface area (Å²) in [6, 6.07) is 9.34. The number of nitrogens with zero attached hydrogens (tertiary/aromatic N) is 1. The van der Waals surface area contributed by atoms with E-state index in [1.54, 1.807) is 12.1 Å². The first-order valence-corrected chi connectivity index (χ1v) is 8.31. The van der Waals surface area contributed by atoms with Gasteiger partial charge >= 0.3 is 0 Å². The third-order valence-corrected chi connectivity index (χ3v) is 4.36. The van der Waals surface area contributed by atoms with Gasteiger partial charge in [-0.1, -0.05) is 23.7 Å².